The van der Waals surface area contributed by atoms with E-state index < -0.39 is 23.4 Å². The van der Waals surface area contributed by atoms with Gasteiger partial charge in [0.25, 0.3) is 0 Å². The molecule has 2 rings (SSSR count). The van der Waals surface area contributed by atoms with Crippen LogP contribution in [-0.2, 0) is 14.3 Å². The number of sulfone groups is 1. The second-order valence-electron chi connectivity index (χ2n) is 8.77. The molecule has 0 radical (unpaired) electrons. The molecule has 0 amide bonds. The Morgan fingerprint density at radius 1 is 1.00 bits per heavy atom. The molecule has 5 heteroatoms. The van der Waals surface area contributed by atoms with E-state index in [2.05, 4.69) is 40.8 Å². The minimum absolute atomic E-state index is 0.0746. The minimum atomic E-state index is -3.41. The summed E-state index contributed by atoms with van der Waals surface area (Å²) >= 11 is 0. The lowest BCUT2D eigenvalue weighted by molar-refractivity contribution is 0.0888. The molecule has 1 aromatic carbocycles. The van der Waals surface area contributed by atoms with Crippen molar-refractivity contribution in [1.29, 1.82) is 0 Å². The highest BCUT2D eigenvalue weighted by atomic mass is 32.2. The first-order valence-corrected chi connectivity index (χ1v) is 13.5. The smallest absolute Gasteiger partial charge is 0.192 e. The lowest BCUT2D eigenvalue weighted by atomic mass is 9.85. The highest BCUT2D eigenvalue weighted by Gasteiger charge is 2.45. The fourth-order valence-corrected chi connectivity index (χ4v) is 6.45. The zero-order valence-corrected chi connectivity index (χ0v) is 18.3. The molecule has 0 bridgehead atoms. The Labute approximate surface area is 154 Å². The molecule has 1 aromatic rings. The molecule has 0 unspecified atom stereocenters. The lowest BCUT2D eigenvalue weighted by Gasteiger charge is -2.45. The van der Waals surface area contributed by atoms with Crippen molar-refractivity contribution in [2.45, 2.75) is 69.0 Å². The maximum absolute atomic E-state index is 13.1. The SMILES string of the molecule is C[C@@H]1[C@H](O[Si](C)(C)C(C)(C)C)[C@@H](C)C=C[C@H]1S(=O)(=O)c1ccccc1. The highest BCUT2D eigenvalue weighted by molar-refractivity contribution is 7.92. The highest BCUT2D eigenvalue weighted by Crippen LogP contribution is 2.41. The normalized spacial score (nSPS) is 28.1. The largest absolute Gasteiger partial charge is 0.413 e. The molecule has 3 nitrogen and oxygen atoms in total. The van der Waals surface area contributed by atoms with Gasteiger partial charge in [0.2, 0.25) is 0 Å². The van der Waals surface area contributed by atoms with Crippen LogP contribution in [0.1, 0.15) is 34.6 Å². The summed E-state index contributed by atoms with van der Waals surface area (Å²) in [6, 6.07) is 8.74. The first-order chi connectivity index (χ1) is 11.4. The van der Waals surface area contributed by atoms with Gasteiger partial charge >= 0.3 is 0 Å². The van der Waals surface area contributed by atoms with E-state index in [4.69, 9.17) is 4.43 Å². The predicted molar refractivity (Wildman–Crippen MR) is 107 cm³/mol. The molecule has 1 aliphatic carbocycles. The van der Waals surface area contributed by atoms with Gasteiger partial charge in [0.15, 0.2) is 18.2 Å². The molecule has 0 aliphatic heterocycles. The van der Waals surface area contributed by atoms with E-state index in [-0.39, 0.29) is 23.0 Å². The van der Waals surface area contributed by atoms with E-state index in [9.17, 15) is 8.42 Å². The Hall–Kier alpha value is -0.913. The van der Waals surface area contributed by atoms with Gasteiger partial charge in [-0.2, -0.15) is 0 Å². The van der Waals surface area contributed by atoms with Crippen LogP contribution in [0.2, 0.25) is 18.1 Å². The van der Waals surface area contributed by atoms with Crippen LogP contribution in [0.4, 0.5) is 0 Å². The molecule has 0 spiro atoms. The fraction of sp³-hybridized carbons (Fsp3) is 0.600. The average molecular weight is 381 g/mol. The minimum Gasteiger partial charge on any atom is -0.413 e. The third-order valence-corrected chi connectivity index (χ3v) is 12.5. The molecule has 0 fully saturated rings. The van der Waals surface area contributed by atoms with E-state index in [1.54, 1.807) is 24.3 Å². The Balaban J connectivity index is 2.34. The number of hydrogen-bond acceptors (Lipinski definition) is 3. The predicted octanol–water partition coefficient (Wildman–Crippen LogP) is 5.06. The topological polar surface area (TPSA) is 43.4 Å². The van der Waals surface area contributed by atoms with E-state index in [0.29, 0.717) is 4.90 Å². The summed E-state index contributed by atoms with van der Waals surface area (Å²) in [6.45, 7) is 15.2. The number of benzene rings is 1. The van der Waals surface area contributed by atoms with Crippen LogP contribution in [0.15, 0.2) is 47.4 Å². The van der Waals surface area contributed by atoms with Crippen molar-refractivity contribution in [1.82, 2.24) is 0 Å². The molecule has 0 saturated carbocycles. The fourth-order valence-electron chi connectivity index (χ4n) is 3.12. The summed E-state index contributed by atoms with van der Waals surface area (Å²) in [4.78, 5) is 0.386. The Morgan fingerprint density at radius 2 is 1.56 bits per heavy atom. The quantitative estimate of drug-likeness (QED) is 0.541. The van der Waals surface area contributed by atoms with Crippen LogP contribution in [0.5, 0.6) is 0 Å². The number of hydrogen-bond donors (Lipinski definition) is 0. The van der Waals surface area contributed by atoms with Crippen LogP contribution in [0.3, 0.4) is 0 Å². The standard InChI is InChI=1S/C20H32O3SSi/c1-15-13-14-18(24(21,22)17-11-9-8-10-12-17)16(2)19(15)23-25(6,7)20(3,4)5/h8-16,18-19H,1-7H3/t15-,16-,18+,19+/m0/s1. The van der Waals surface area contributed by atoms with Crippen molar-refractivity contribution in [2.75, 3.05) is 0 Å². The molecule has 4 atom stereocenters. The van der Waals surface area contributed by atoms with Gasteiger partial charge in [-0.1, -0.05) is 65.0 Å². The van der Waals surface area contributed by atoms with Crippen molar-refractivity contribution in [3.8, 4) is 0 Å². The maximum atomic E-state index is 13.1. The summed E-state index contributed by atoms with van der Waals surface area (Å²) in [5.41, 5.74) is 0. The summed E-state index contributed by atoms with van der Waals surface area (Å²) in [5, 5.41) is -0.442. The zero-order chi connectivity index (χ0) is 19.0. The second kappa shape index (κ2) is 7.01. The van der Waals surface area contributed by atoms with E-state index in [0.717, 1.165) is 0 Å². The van der Waals surface area contributed by atoms with Crippen LogP contribution in [0.25, 0.3) is 0 Å². The molecule has 140 valence electrons. The van der Waals surface area contributed by atoms with Gasteiger partial charge < -0.3 is 4.43 Å². The van der Waals surface area contributed by atoms with Gasteiger partial charge in [0, 0.05) is 5.92 Å². The average Bonchev–Trinajstić information content (AvgIpc) is 2.51. The van der Waals surface area contributed by atoms with Gasteiger partial charge in [0.1, 0.15) is 0 Å². The van der Waals surface area contributed by atoms with Gasteiger partial charge in [-0.25, -0.2) is 8.42 Å². The Morgan fingerprint density at radius 3 is 2.08 bits per heavy atom. The number of rotatable bonds is 4. The van der Waals surface area contributed by atoms with Crippen LogP contribution < -0.4 is 0 Å². The van der Waals surface area contributed by atoms with Crippen molar-refractivity contribution in [2.24, 2.45) is 11.8 Å². The first-order valence-electron chi connectivity index (χ1n) is 9.03. The summed E-state index contributed by atoms with van der Waals surface area (Å²) in [6.07, 6.45) is 3.81. The molecular weight excluding hydrogens is 348 g/mol. The first kappa shape index (κ1) is 20.4. The van der Waals surface area contributed by atoms with Crippen molar-refractivity contribution >= 4 is 18.2 Å². The second-order valence-corrected chi connectivity index (χ2v) is 15.6. The van der Waals surface area contributed by atoms with Gasteiger partial charge in [0.05, 0.1) is 16.2 Å². The Bertz CT molecular complexity index is 717. The van der Waals surface area contributed by atoms with Gasteiger partial charge in [-0.05, 0) is 36.2 Å². The molecule has 1 aliphatic rings. The van der Waals surface area contributed by atoms with E-state index >= 15 is 0 Å². The molecule has 0 N–H and O–H groups in total. The van der Waals surface area contributed by atoms with Crippen molar-refractivity contribution in [3.63, 3.8) is 0 Å². The van der Waals surface area contributed by atoms with Crippen LogP contribution in [-0.4, -0.2) is 28.1 Å². The van der Waals surface area contributed by atoms with Crippen molar-refractivity contribution < 1.29 is 12.8 Å². The monoisotopic (exact) mass is 380 g/mol. The van der Waals surface area contributed by atoms with E-state index in [1.807, 2.05) is 25.1 Å². The molecule has 0 saturated heterocycles. The van der Waals surface area contributed by atoms with Gasteiger partial charge in [-0.3, -0.25) is 0 Å². The molecule has 25 heavy (non-hydrogen) atoms. The van der Waals surface area contributed by atoms with Crippen LogP contribution in [0, 0.1) is 11.8 Å². The van der Waals surface area contributed by atoms with Crippen LogP contribution >= 0.6 is 0 Å². The molecule has 0 aromatic heterocycles. The van der Waals surface area contributed by atoms with Gasteiger partial charge in [-0.15, -0.1) is 0 Å². The van der Waals surface area contributed by atoms with Crippen molar-refractivity contribution in [3.05, 3.63) is 42.5 Å². The maximum Gasteiger partial charge on any atom is 0.192 e. The third-order valence-electron chi connectivity index (χ3n) is 5.83. The molecule has 0 heterocycles. The lowest BCUT2D eigenvalue weighted by Crippen LogP contribution is -2.50. The molecular formula is C20H32O3SSi. The summed E-state index contributed by atoms with van der Waals surface area (Å²) in [5.74, 6) is 0.130. The van der Waals surface area contributed by atoms with E-state index in [1.165, 1.54) is 0 Å². The summed E-state index contributed by atoms with van der Waals surface area (Å²) < 4.78 is 32.9. The zero-order valence-electron chi connectivity index (χ0n) is 16.5. The summed E-state index contributed by atoms with van der Waals surface area (Å²) in [7, 11) is -5.38. The Kier molecular flexibility index (Phi) is 5.72. The third kappa shape index (κ3) is 4.09.